The number of benzene rings is 2. The number of hydrogen-bond acceptors (Lipinski definition) is 5. The molecule has 1 aliphatic rings. The van der Waals surface area contributed by atoms with Gasteiger partial charge in [-0.3, -0.25) is 9.52 Å². The summed E-state index contributed by atoms with van der Waals surface area (Å²) in [4.78, 5) is 16.3. The molecule has 1 aliphatic heterocycles. The number of anilines is 1. The van der Waals surface area contributed by atoms with Crippen molar-refractivity contribution in [2.75, 3.05) is 17.9 Å². The zero-order chi connectivity index (χ0) is 22.0. The van der Waals surface area contributed by atoms with E-state index in [4.69, 9.17) is 4.74 Å². The number of carbonyl (C=O) groups is 1. The number of fused-ring (bicyclic) bond motifs is 1. The number of thiophene rings is 1. The molecule has 0 unspecified atom stereocenters. The fourth-order valence-corrected chi connectivity index (χ4v) is 5.82. The highest BCUT2D eigenvalue weighted by Crippen LogP contribution is 2.34. The van der Waals surface area contributed by atoms with Crippen LogP contribution in [0.15, 0.2) is 64.9 Å². The summed E-state index contributed by atoms with van der Waals surface area (Å²) in [5.41, 5.74) is 1.96. The van der Waals surface area contributed by atoms with Gasteiger partial charge in [-0.05, 0) is 79.7 Å². The zero-order valence-corrected chi connectivity index (χ0v) is 19.0. The Morgan fingerprint density at radius 2 is 1.97 bits per heavy atom. The first-order valence-corrected chi connectivity index (χ1v) is 12.5. The molecule has 0 saturated heterocycles. The van der Waals surface area contributed by atoms with E-state index in [-0.39, 0.29) is 16.8 Å². The Hall–Kier alpha value is -2.84. The maximum Gasteiger partial charge on any atom is 0.261 e. The quantitative estimate of drug-likeness (QED) is 0.583. The lowest BCUT2D eigenvalue weighted by molar-refractivity contribution is 0.0679. The van der Waals surface area contributed by atoms with Crippen molar-refractivity contribution in [2.24, 2.45) is 0 Å². The second kappa shape index (κ2) is 8.72. The van der Waals surface area contributed by atoms with Gasteiger partial charge < -0.3 is 9.64 Å². The number of hydrogen-bond donors (Lipinski definition) is 1. The van der Waals surface area contributed by atoms with Crippen LogP contribution in [0.1, 0.15) is 40.7 Å². The van der Waals surface area contributed by atoms with E-state index in [1.807, 2.05) is 13.8 Å². The normalized spacial score (nSPS) is 15.9. The molecule has 162 valence electrons. The largest absolute Gasteiger partial charge is 0.494 e. The topological polar surface area (TPSA) is 75.7 Å². The predicted octanol–water partition coefficient (Wildman–Crippen LogP) is 4.71. The lowest BCUT2D eigenvalue weighted by Crippen LogP contribution is -2.38. The van der Waals surface area contributed by atoms with Gasteiger partial charge in [0.05, 0.1) is 17.5 Å². The van der Waals surface area contributed by atoms with Crippen LogP contribution in [-0.2, 0) is 16.4 Å². The maximum atomic E-state index is 13.2. The minimum atomic E-state index is -3.84. The van der Waals surface area contributed by atoms with Gasteiger partial charge in [0.1, 0.15) is 5.75 Å². The summed E-state index contributed by atoms with van der Waals surface area (Å²) in [6.45, 7) is 5.05. The smallest absolute Gasteiger partial charge is 0.261 e. The number of ether oxygens (including phenoxy) is 1. The number of sulfonamides is 1. The third-order valence-electron chi connectivity index (χ3n) is 5.35. The number of carbonyl (C=O) groups excluding carboxylic acids is 1. The summed E-state index contributed by atoms with van der Waals surface area (Å²) in [5.74, 6) is 0.505. The van der Waals surface area contributed by atoms with Crippen molar-refractivity contribution < 1.29 is 17.9 Å². The minimum Gasteiger partial charge on any atom is -0.494 e. The molecule has 1 N–H and O–H groups in total. The van der Waals surface area contributed by atoms with Gasteiger partial charge in [0.25, 0.3) is 15.9 Å². The molecule has 0 spiro atoms. The lowest BCUT2D eigenvalue weighted by Gasteiger charge is -2.33. The molecular weight excluding hydrogens is 432 g/mol. The summed E-state index contributed by atoms with van der Waals surface area (Å²) in [6, 6.07) is 14.9. The second-order valence-corrected chi connectivity index (χ2v) is 10.00. The van der Waals surface area contributed by atoms with Crippen LogP contribution in [0.25, 0.3) is 0 Å². The SMILES string of the molecule is CCOc1ccc(NS(=O)(=O)c2cccc(C(=O)N3CCc4sccc4[C@@H]3C)c2)cc1. The summed E-state index contributed by atoms with van der Waals surface area (Å²) in [5, 5.41) is 2.05. The molecule has 2 heterocycles. The van der Waals surface area contributed by atoms with Crippen LogP contribution in [0.3, 0.4) is 0 Å². The molecule has 31 heavy (non-hydrogen) atoms. The number of nitrogens with one attached hydrogen (secondary N) is 1. The maximum absolute atomic E-state index is 13.2. The van der Waals surface area contributed by atoms with Crippen molar-refractivity contribution in [3.8, 4) is 5.75 Å². The molecule has 1 atom stereocenters. The number of rotatable bonds is 6. The van der Waals surface area contributed by atoms with Gasteiger partial charge in [-0.2, -0.15) is 0 Å². The zero-order valence-electron chi connectivity index (χ0n) is 17.4. The molecule has 0 aliphatic carbocycles. The standard InChI is InChI=1S/C23H24N2O4S2/c1-3-29-19-9-7-18(8-10-19)24-31(27,28)20-6-4-5-17(15-20)23(26)25-13-11-22-21(16(25)2)12-14-30-22/h4-10,12,14-16,24H,3,11,13H2,1-2H3/t16-/m0/s1. The molecule has 0 fully saturated rings. The molecule has 0 radical (unpaired) electrons. The van der Waals surface area contributed by atoms with Gasteiger partial charge in [0, 0.05) is 22.7 Å². The fourth-order valence-electron chi connectivity index (χ4n) is 3.75. The van der Waals surface area contributed by atoms with E-state index < -0.39 is 10.0 Å². The van der Waals surface area contributed by atoms with Crippen LogP contribution in [0, 0.1) is 0 Å². The summed E-state index contributed by atoms with van der Waals surface area (Å²) >= 11 is 1.72. The Morgan fingerprint density at radius 3 is 2.71 bits per heavy atom. The van der Waals surface area contributed by atoms with E-state index >= 15 is 0 Å². The van der Waals surface area contributed by atoms with Gasteiger partial charge in [0.2, 0.25) is 0 Å². The average molecular weight is 457 g/mol. The highest BCUT2D eigenvalue weighted by molar-refractivity contribution is 7.92. The van der Waals surface area contributed by atoms with Gasteiger partial charge in [-0.25, -0.2) is 8.42 Å². The Morgan fingerprint density at radius 1 is 1.19 bits per heavy atom. The minimum absolute atomic E-state index is 0.0373. The van der Waals surface area contributed by atoms with Crippen LogP contribution in [0.2, 0.25) is 0 Å². The van der Waals surface area contributed by atoms with Crippen molar-refractivity contribution in [1.29, 1.82) is 0 Å². The van der Waals surface area contributed by atoms with E-state index in [9.17, 15) is 13.2 Å². The van der Waals surface area contributed by atoms with E-state index in [2.05, 4.69) is 16.2 Å². The molecule has 4 rings (SSSR count). The first-order chi connectivity index (χ1) is 14.9. The Kier molecular flexibility index (Phi) is 6.02. The third kappa shape index (κ3) is 4.45. The van der Waals surface area contributed by atoms with E-state index in [1.54, 1.807) is 52.6 Å². The fraction of sp³-hybridized carbons (Fsp3) is 0.261. The summed E-state index contributed by atoms with van der Waals surface area (Å²) < 4.78 is 33.7. The molecule has 8 heteroatoms. The molecule has 3 aromatic rings. The highest BCUT2D eigenvalue weighted by Gasteiger charge is 2.29. The molecule has 6 nitrogen and oxygen atoms in total. The number of nitrogens with zero attached hydrogens (tertiary/aromatic N) is 1. The highest BCUT2D eigenvalue weighted by atomic mass is 32.2. The van der Waals surface area contributed by atoms with Crippen molar-refractivity contribution >= 4 is 33.0 Å². The first kappa shape index (κ1) is 21.4. The first-order valence-electron chi connectivity index (χ1n) is 10.1. The van der Waals surface area contributed by atoms with E-state index in [0.29, 0.717) is 30.2 Å². The summed E-state index contributed by atoms with van der Waals surface area (Å²) in [7, 11) is -3.84. The van der Waals surface area contributed by atoms with Crippen LogP contribution in [-0.4, -0.2) is 32.4 Å². The molecule has 1 amide bonds. The molecule has 2 aromatic carbocycles. The van der Waals surface area contributed by atoms with E-state index in [1.165, 1.54) is 22.6 Å². The molecular formula is C23H24N2O4S2. The second-order valence-electron chi connectivity index (χ2n) is 7.31. The van der Waals surface area contributed by atoms with Crippen molar-refractivity contribution in [3.63, 3.8) is 0 Å². The van der Waals surface area contributed by atoms with Gasteiger partial charge in [-0.1, -0.05) is 6.07 Å². The summed E-state index contributed by atoms with van der Waals surface area (Å²) in [6.07, 6.45) is 0.820. The van der Waals surface area contributed by atoms with Gasteiger partial charge in [-0.15, -0.1) is 11.3 Å². The van der Waals surface area contributed by atoms with Crippen molar-refractivity contribution in [3.05, 3.63) is 76.0 Å². The predicted molar refractivity (Wildman–Crippen MR) is 122 cm³/mol. The number of amides is 1. The van der Waals surface area contributed by atoms with Gasteiger partial charge in [0.15, 0.2) is 0 Å². The molecule has 0 saturated carbocycles. The van der Waals surface area contributed by atoms with Crippen LogP contribution in [0.5, 0.6) is 5.75 Å². The van der Waals surface area contributed by atoms with Crippen LogP contribution < -0.4 is 9.46 Å². The van der Waals surface area contributed by atoms with Crippen molar-refractivity contribution in [1.82, 2.24) is 4.90 Å². The third-order valence-corrected chi connectivity index (χ3v) is 7.72. The Bertz CT molecular complexity index is 1190. The Labute approximate surface area is 186 Å². The van der Waals surface area contributed by atoms with Crippen molar-refractivity contribution in [2.45, 2.75) is 31.2 Å². The monoisotopic (exact) mass is 456 g/mol. The molecule has 0 bridgehead atoms. The van der Waals surface area contributed by atoms with Gasteiger partial charge >= 0.3 is 0 Å². The lowest BCUT2D eigenvalue weighted by atomic mass is 10.0. The Balaban J connectivity index is 1.54. The van der Waals surface area contributed by atoms with Crippen LogP contribution in [0.4, 0.5) is 5.69 Å². The van der Waals surface area contributed by atoms with Crippen LogP contribution >= 0.6 is 11.3 Å². The molecule has 1 aromatic heterocycles. The average Bonchev–Trinajstić information content (AvgIpc) is 3.25. The van der Waals surface area contributed by atoms with E-state index in [0.717, 1.165) is 6.42 Å².